The zero-order chi connectivity index (χ0) is 12.8. The first-order valence-corrected chi connectivity index (χ1v) is 5.93. The molecular formula is C11H14Cl2N2O2. The SMILES string of the molecule is CCOC(=O)CN(C)Cc1nc(Cl)ccc1Cl. The summed E-state index contributed by atoms with van der Waals surface area (Å²) in [6.45, 7) is 2.78. The van der Waals surface area contributed by atoms with Gasteiger partial charge in [0.15, 0.2) is 0 Å². The fourth-order valence-corrected chi connectivity index (χ4v) is 1.64. The lowest BCUT2D eigenvalue weighted by atomic mass is 10.3. The van der Waals surface area contributed by atoms with Crippen molar-refractivity contribution in [3.63, 3.8) is 0 Å². The number of pyridine rings is 1. The number of ether oxygens (including phenoxy) is 1. The van der Waals surface area contributed by atoms with E-state index in [1.54, 1.807) is 31.0 Å². The fraction of sp³-hybridized carbons (Fsp3) is 0.455. The summed E-state index contributed by atoms with van der Waals surface area (Å²) in [5, 5.41) is 0.916. The van der Waals surface area contributed by atoms with Gasteiger partial charge in [-0.3, -0.25) is 9.69 Å². The molecule has 0 aliphatic carbocycles. The standard InChI is InChI=1S/C11H14Cl2N2O2/c1-3-17-11(16)7-15(2)6-9-8(12)4-5-10(13)14-9/h4-5H,3,6-7H2,1-2H3. The molecule has 6 heteroatoms. The molecular weight excluding hydrogens is 263 g/mol. The largest absolute Gasteiger partial charge is 0.465 e. The van der Waals surface area contributed by atoms with Gasteiger partial charge in [0.2, 0.25) is 0 Å². The van der Waals surface area contributed by atoms with Crippen LogP contribution in [0.2, 0.25) is 10.2 Å². The van der Waals surface area contributed by atoms with Gasteiger partial charge >= 0.3 is 5.97 Å². The number of likely N-dealkylation sites (N-methyl/N-ethyl adjacent to an activating group) is 1. The molecule has 0 fully saturated rings. The molecule has 0 spiro atoms. The maximum Gasteiger partial charge on any atom is 0.320 e. The minimum atomic E-state index is -0.270. The third-order valence-corrected chi connectivity index (χ3v) is 2.56. The monoisotopic (exact) mass is 276 g/mol. The van der Waals surface area contributed by atoms with Crippen molar-refractivity contribution in [3.8, 4) is 0 Å². The van der Waals surface area contributed by atoms with Crippen LogP contribution in [0.5, 0.6) is 0 Å². The highest BCUT2D eigenvalue weighted by molar-refractivity contribution is 6.32. The predicted octanol–water partition coefficient (Wildman–Crippen LogP) is 2.38. The molecule has 1 heterocycles. The highest BCUT2D eigenvalue weighted by atomic mass is 35.5. The minimum Gasteiger partial charge on any atom is -0.465 e. The van der Waals surface area contributed by atoms with Gasteiger partial charge in [-0.15, -0.1) is 0 Å². The molecule has 94 valence electrons. The Morgan fingerprint density at radius 1 is 1.47 bits per heavy atom. The molecule has 4 nitrogen and oxygen atoms in total. The van der Waals surface area contributed by atoms with Crippen molar-refractivity contribution in [1.82, 2.24) is 9.88 Å². The molecule has 17 heavy (non-hydrogen) atoms. The second kappa shape index (κ2) is 6.79. The highest BCUT2D eigenvalue weighted by Gasteiger charge is 2.11. The van der Waals surface area contributed by atoms with Gasteiger partial charge < -0.3 is 4.74 Å². The van der Waals surface area contributed by atoms with Gasteiger partial charge in [-0.1, -0.05) is 23.2 Å². The summed E-state index contributed by atoms with van der Waals surface area (Å²) in [6.07, 6.45) is 0. The van der Waals surface area contributed by atoms with Crippen LogP contribution < -0.4 is 0 Å². The van der Waals surface area contributed by atoms with Gasteiger partial charge in [0, 0.05) is 6.54 Å². The first-order chi connectivity index (χ1) is 8.02. The Morgan fingerprint density at radius 2 is 2.18 bits per heavy atom. The maximum atomic E-state index is 11.3. The second-order valence-electron chi connectivity index (χ2n) is 3.54. The zero-order valence-corrected chi connectivity index (χ0v) is 11.3. The number of halogens is 2. The summed E-state index contributed by atoms with van der Waals surface area (Å²) in [5.41, 5.74) is 0.644. The van der Waals surface area contributed by atoms with E-state index in [2.05, 4.69) is 4.98 Å². The van der Waals surface area contributed by atoms with Crippen molar-refractivity contribution in [3.05, 3.63) is 28.0 Å². The Hall–Kier alpha value is -0.840. The molecule has 0 bridgehead atoms. The molecule has 1 aromatic rings. The lowest BCUT2D eigenvalue weighted by molar-refractivity contribution is -0.144. The van der Waals surface area contributed by atoms with Gasteiger partial charge in [0.25, 0.3) is 0 Å². The Balaban J connectivity index is 2.58. The van der Waals surface area contributed by atoms with Crippen molar-refractivity contribution in [2.45, 2.75) is 13.5 Å². The number of carbonyl (C=O) groups is 1. The van der Waals surface area contributed by atoms with E-state index < -0.39 is 0 Å². The van der Waals surface area contributed by atoms with E-state index in [0.717, 1.165) is 0 Å². The zero-order valence-electron chi connectivity index (χ0n) is 9.74. The summed E-state index contributed by atoms with van der Waals surface area (Å²) < 4.78 is 4.84. The predicted molar refractivity (Wildman–Crippen MR) is 67.2 cm³/mol. The van der Waals surface area contributed by atoms with E-state index in [9.17, 15) is 4.79 Å². The molecule has 1 rings (SSSR count). The van der Waals surface area contributed by atoms with Gasteiger partial charge in [-0.05, 0) is 26.1 Å². The number of hydrogen-bond donors (Lipinski definition) is 0. The summed E-state index contributed by atoms with van der Waals surface area (Å²) >= 11 is 11.7. The topological polar surface area (TPSA) is 42.4 Å². The summed E-state index contributed by atoms with van der Waals surface area (Å²) in [4.78, 5) is 17.1. The van der Waals surface area contributed by atoms with Crippen molar-refractivity contribution in [1.29, 1.82) is 0 Å². The van der Waals surface area contributed by atoms with Gasteiger partial charge in [-0.2, -0.15) is 0 Å². The third kappa shape index (κ3) is 4.89. The number of carbonyl (C=O) groups excluding carboxylic acids is 1. The third-order valence-electron chi connectivity index (χ3n) is 2.01. The highest BCUT2D eigenvalue weighted by Crippen LogP contribution is 2.17. The van der Waals surface area contributed by atoms with Crippen LogP contribution in [0, 0.1) is 0 Å². The smallest absolute Gasteiger partial charge is 0.320 e. The van der Waals surface area contributed by atoms with Crippen LogP contribution in [-0.4, -0.2) is 36.1 Å². The van der Waals surface area contributed by atoms with Crippen molar-refractivity contribution in [2.75, 3.05) is 20.2 Å². The molecule has 0 aromatic carbocycles. The maximum absolute atomic E-state index is 11.3. The lowest BCUT2D eigenvalue weighted by Crippen LogP contribution is -2.27. The van der Waals surface area contributed by atoms with Crippen molar-refractivity contribution >= 4 is 29.2 Å². The quantitative estimate of drug-likeness (QED) is 0.612. The first-order valence-electron chi connectivity index (χ1n) is 5.18. The lowest BCUT2D eigenvalue weighted by Gasteiger charge is -2.15. The molecule has 0 aliphatic rings. The number of aromatic nitrogens is 1. The second-order valence-corrected chi connectivity index (χ2v) is 4.33. The van der Waals surface area contributed by atoms with Crippen LogP contribution in [0.15, 0.2) is 12.1 Å². The number of hydrogen-bond acceptors (Lipinski definition) is 4. The Bertz CT molecular complexity index is 399. The average Bonchev–Trinajstić information content (AvgIpc) is 2.23. The van der Waals surface area contributed by atoms with E-state index in [1.165, 1.54) is 0 Å². The molecule has 0 amide bonds. The fourth-order valence-electron chi connectivity index (χ4n) is 1.31. The molecule has 0 aliphatic heterocycles. The van der Waals surface area contributed by atoms with Crippen LogP contribution in [0.25, 0.3) is 0 Å². The molecule has 0 N–H and O–H groups in total. The Labute approximate surface area is 110 Å². The Morgan fingerprint density at radius 3 is 2.82 bits per heavy atom. The van der Waals surface area contributed by atoms with E-state index in [1.807, 2.05) is 0 Å². The minimum absolute atomic E-state index is 0.193. The van der Waals surface area contributed by atoms with Crippen LogP contribution in [0.3, 0.4) is 0 Å². The molecule has 0 atom stereocenters. The number of rotatable bonds is 5. The Kier molecular flexibility index (Phi) is 5.68. The van der Waals surface area contributed by atoms with Crippen molar-refractivity contribution < 1.29 is 9.53 Å². The van der Waals surface area contributed by atoms with E-state index in [-0.39, 0.29) is 12.5 Å². The molecule has 1 aromatic heterocycles. The van der Waals surface area contributed by atoms with Gasteiger partial charge in [-0.25, -0.2) is 4.98 Å². The number of esters is 1. The first kappa shape index (κ1) is 14.2. The molecule has 0 saturated heterocycles. The normalized spacial score (nSPS) is 10.6. The van der Waals surface area contributed by atoms with E-state index >= 15 is 0 Å². The average molecular weight is 277 g/mol. The van der Waals surface area contributed by atoms with Gasteiger partial charge in [0.1, 0.15) is 5.15 Å². The van der Waals surface area contributed by atoms with E-state index in [4.69, 9.17) is 27.9 Å². The van der Waals surface area contributed by atoms with E-state index in [0.29, 0.717) is 29.0 Å². The van der Waals surface area contributed by atoms with Crippen molar-refractivity contribution in [2.24, 2.45) is 0 Å². The van der Waals surface area contributed by atoms with Crippen LogP contribution >= 0.6 is 23.2 Å². The molecule has 0 radical (unpaired) electrons. The number of nitrogens with zero attached hydrogens (tertiary/aromatic N) is 2. The van der Waals surface area contributed by atoms with Crippen LogP contribution in [0.1, 0.15) is 12.6 Å². The van der Waals surface area contributed by atoms with Crippen LogP contribution in [0.4, 0.5) is 0 Å². The molecule has 0 unspecified atom stereocenters. The summed E-state index contributed by atoms with van der Waals surface area (Å²) in [6, 6.07) is 3.31. The summed E-state index contributed by atoms with van der Waals surface area (Å²) in [5.74, 6) is -0.270. The summed E-state index contributed by atoms with van der Waals surface area (Å²) in [7, 11) is 1.79. The van der Waals surface area contributed by atoms with Gasteiger partial charge in [0.05, 0.1) is 23.9 Å². The molecule has 0 saturated carbocycles. The van der Waals surface area contributed by atoms with Crippen LogP contribution in [-0.2, 0) is 16.1 Å².